The number of fused-ring (bicyclic) bond motifs is 1. The van der Waals surface area contributed by atoms with E-state index < -0.39 is 21.9 Å². The van der Waals surface area contributed by atoms with Crippen molar-refractivity contribution in [1.82, 2.24) is 19.9 Å². The van der Waals surface area contributed by atoms with E-state index in [1.165, 1.54) is 11.2 Å². The molecule has 3 rings (SSSR count). The van der Waals surface area contributed by atoms with Gasteiger partial charge in [-0.2, -0.15) is 18.4 Å². The number of aromatic amines is 1. The first-order valence-corrected chi connectivity index (χ1v) is 7.58. The lowest BCUT2D eigenvalue weighted by molar-refractivity contribution is -0.117. The van der Waals surface area contributed by atoms with Crippen LogP contribution in [0.1, 0.15) is 6.42 Å². The molecule has 0 radical (unpaired) electrons. The molecule has 3 heterocycles. The molecule has 1 fully saturated rings. The number of carbonyl (C=O) groups excluding carboxylic acids is 1. The number of amides is 1. The lowest BCUT2D eigenvalue weighted by atomic mass is 10.1. The van der Waals surface area contributed by atoms with Gasteiger partial charge >= 0.3 is 10.2 Å². The predicted molar refractivity (Wildman–Crippen MR) is 71.5 cm³/mol. The van der Waals surface area contributed by atoms with Crippen LogP contribution in [0, 0.1) is 5.92 Å². The molecule has 1 atom stereocenters. The molecule has 112 valence electrons. The van der Waals surface area contributed by atoms with Crippen LogP contribution in [-0.2, 0) is 15.0 Å². The number of carbonyl (C=O) groups is 1. The van der Waals surface area contributed by atoms with E-state index in [0.717, 1.165) is 0 Å². The maximum Gasteiger partial charge on any atom is 0.302 e. The molecule has 1 aliphatic rings. The Labute approximate surface area is 118 Å². The Morgan fingerprint density at radius 1 is 1.48 bits per heavy atom. The molecule has 1 saturated heterocycles. The van der Waals surface area contributed by atoms with Gasteiger partial charge in [0.2, 0.25) is 11.9 Å². The van der Waals surface area contributed by atoms with Crippen molar-refractivity contribution in [2.75, 3.05) is 22.9 Å². The van der Waals surface area contributed by atoms with Gasteiger partial charge in [-0.1, -0.05) is 0 Å². The van der Waals surface area contributed by atoms with Crippen LogP contribution in [0.4, 0.5) is 15.7 Å². The van der Waals surface area contributed by atoms with Crippen LogP contribution in [-0.4, -0.2) is 46.6 Å². The summed E-state index contributed by atoms with van der Waals surface area (Å²) < 4.78 is 34.2. The molecule has 1 amide bonds. The number of hydrogen-bond acceptors (Lipinski definition) is 7. The molecular weight excluding hydrogens is 303 g/mol. The third-order valence-electron chi connectivity index (χ3n) is 3.18. The Kier molecular flexibility index (Phi) is 3.01. The van der Waals surface area contributed by atoms with E-state index in [4.69, 9.17) is 5.73 Å². The monoisotopic (exact) mass is 314 g/mol. The summed E-state index contributed by atoms with van der Waals surface area (Å²) in [7, 11) is -4.63. The summed E-state index contributed by atoms with van der Waals surface area (Å²) in [4.78, 5) is 27.9. The van der Waals surface area contributed by atoms with Gasteiger partial charge in [-0.15, -0.1) is 3.89 Å². The van der Waals surface area contributed by atoms with Crippen molar-refractivity contribution in [2.45, 2.75) is 6.42 Å². The zero-order chi connectivity index (χ0) is 15.2. The van der Waals surface area contributed by atoms with Gasteiger partial charge < -0.3 is 10.7 Å². The van der Waals surface area contributed by atoms with Gasteiger partial charge in [0.25, 0.3) is 0 Å². The van der Waals surface area contributed by atoms with Crippen LogP contribution >= 0.6 is 0 Å². The van der Waals surface area contributed by atoms with Crippen molar-refractivity contribution in [3.05, 3.63) is 6.33 Å². The minimum atomic E-state index is -4.63. The molecule has 3 N–H and O–H groups in total. The second-order valence-corrected chi connectivity index (χ2v) is 6.20. The fourth-order valence-corrected chi connectivity index (χ4v) is 3.20. The first-order valence-electron chi connectivity index (χ1n) is 6.03. The van der Waals surface area contributed by atoms with Crippen LogP contribution in [0.2, 0.25) is 0 Å². The summed E-state index contributed by atoms with van der Waals surface area (Å²) in [5.41, 5.74) is 6.28. The molecule has 0 bridgehead atoms. The third-order valence-corrected chi connectivity index (χ3v) is 4.05. The fourth-order valence-electron chi connectivity index (χ4n) is 2.41. The van der Waals surface area contributed by atoms with Crippen molar-refractivity contribution in [3.8, 4) is 0 Å². The van der Waals surface area contributed by atoms with Gasteiger partial charge in [0, 0.05) is 18.9 Å². The maximum absolute atomic E-state index is 12.7. The van der Waals surface area contributed by atoms with E-state index in [1.807, 2.05) is 0 Å². The standard InChI is InChI=1S/C10H11FN6O3S/c11-21(19,20)3-5-1-6(18)17(2-5)9-7-8(14-4-13-7)15-10(12)16-9/h4-5H,1-3H2,(H3,12,13,14,15,16). The lowest BCUT2D eigenvalue weighted by Gasteiger charge is -2.16. The Morgan fingerprint density at radius 2 is 2.24 bits per heavy atom. The topological polar surface area (TPSA) is 135 Å². The predicted octanol–water partition coefficient (Wildman–Crippen LogP) is -0.413. The SMILES string of the molecule is Nc1nc(N2CC(CS(=O)(=O)F)CC2=O)c2[nH]cnc2n1. The number of H-pyrrole nitrogens is 1. The number of aromatic nitrogens is 4. The van der Waals surface area contributed by atoms with E-state index in [2.05, 4.69) is 19.9 Å². The van der Waals surface area contributed by atoms with Gasteiger partial charge in [0.05, 0.1) is 12.1 Å². The summed E-state index contributed by atoms with van der Waals surface area (Å²) in [5.74, 6) is -1.50. The van der Waals surface area contributed by atoms with Crippen molar-refractivity contribution in [3.63, 3.8) is 0 Å². The van der Waals surface area contributed by atoms with Crippen molar-refractivity contribution >= 4 is 39.1 Å². The summed E-state index contributed by atoms with van der Waals surface area (Å²) in [6, 6.07) is 0. The summed E-state index contributed by atoms with van der Waals surface area (Å²) >= 11 is 0. The first kappa shape index (κ1) is 13.7. The molecule has 11 heteroatoms. The van der Waals surface area contributed by atoms with Crippen LogP contribution in [0.15, 0.2) is 6.33 Å². The minimum absolute atomic E-state index is 0.0482. The number of anilines is 2. The molecule has 1 aliphatic heterocycles. The molecule has 9 nitrogen and oxygen atoms in total. The quantitative estimate of drug-likeness (QED) is 0.735. The highest BCUT2D eigenvalue weighted by Crippen LogP contribution is 2.29. The third kappa shape index (κ3) is 2.63. The highest BCUT2D eigenvalue weighted by molar-refractivity contribution is 7.86. The number of halogens is 1. The van der Waals surface area contributed by atoms with Gasteiger partial charge in [-0.25, -0.2) is 4.98 Å². The van der Waals surface area contributed by atoms with Crippen molar-refractivity contribution < 1.29 is 17.1 Å². The summed E-state index contributed by atoms with van der Waals surface area (Å²) in [6.07, 6.45) is 1.31. The summed E-state index contributed by atoms with van der Waals surface area (Å²) in [6.45, 7) is 0.0482. The molecule has 2 aromatic heterocycles. The largest absolute Gasteiger partial charge is 0.368 e. The fraction of sp³-hybridized carbons (Fsp3) is 0.400. The van der Waals surface area contributed by atoms with Crippen LogP contribution in [0.5, 0.6) is 0 Å². The maximum atomic E-state index is 12.7. The second kappa shape index (κ2) is 4.62. The Morgan fingerprint density at radius 3 is 2.95 bits per heavy atom. The highest BCUT2D eigenvalue weighted by atomic mass is 32.3. The number of nitrogens with two attached hydrogens (primary N) is 1. The van der Waals surface area contributed by atoms with Gasteiger partial charge in [0.1, 0.15) is 5.52 Å². The molecule has 0 aliphatic carbocycles. The number of rotatable bonds is 3. The van der Waals surface area contributed by atoms with Gasteiger partial charge in [0.15, 0.2) is 11.5 Å². The molecule has 2 aromatic rings. The number of hydrogen-bond donors (Lipinski definition) is 2. The van der Waals surface area contributed by atoms with Crippen molar-refractivity contribution in [1.29, 1.82) is 0 Å². The van der Waals surface area contributed by atoms with Crippen LogP contribution in [0.25, 0.3) is 11.2 Å². The molecule has 21 heavy (non-hydrogen) atoms. The lowest BCUT2D eigenvalue weighted by Crippen LogP contribution is -2.27. The van der Waals surface area contributed by atoms with Gasteiger partial charge in [-0.05, 0) is 0 Å². The van der Waals surface area contributed by atoms with Crippen LogP contribution < -0.4 is 10.6 Å². The highest BCUT2D eigenvalue weighted by Gasteiger charge is 2.35. The molecular formula is C10H11FN6O3S. The average molecular weight is 314 g/mol. The molecule has 0 aromatic carbocycles. The smallest absolute Gasteiger partial charge is 0.302 e. The Balaban J connectivity index is 1.96. The van der Waals surface area contributed by atoms with E-state index in [9.17, 15) is 17.1 Å². The zero-order valence-electron chi connectivity index (χ0n) is 10.7. The molecule has 0 spiro atoms. The van der Waals surface area contributed by atoms with E-state index in [1.54, 1.807) is 0 Å². The van der Waals surface area contributed by atoms with Crippen molar-refractivity contribution in [2.24, 2.45) is 5.92 Å². The van der Waals surface area contributed by atoms with E-state index >= 15 is 0 Å². The first-order chi connectivity index (χ1) is 9.83. The average Bonchev–Trinajstić information content (AvgIpc) is 2.92. The molecule has 1 unspecified atom stereocenters. The zero-order valence-corrected chi connectivity index (χ0v) is 11.5. The second-order valence-electron chi connectivity index (χ2n) is 4.79. The number of nitrogens with one attached hydrogen (secondary N) is 1. The van der Waals surface area contributed by atoms with Gasteiger partial charge in [-0.3, -0.25) is 9.69 Å². The molecule has 0 saturated carbocycles. The summed E-state index contributed by atoms with van der Waals surface area (Å²) in [5, 5.41) is 0. The number of nitrogens with zero attached hydrogens (tertiary/aromatic N) is 4. The van der Waals surface area contributed by atoms with Crippen LogP contribution in [0.3, 0.4) is 0 Å². The van der Waals surface area contributed by atoms with E-state index in [-0.39, 0.29) is 30.6 Å². The Hall–Kier alpha value is -2.30. The normalized spacial score (nSPS) is 19.6. The minimum Gasteiger partial charge on any atom is -0.368 e. The number of nitrogen functional groups attached to an aromatic ring is 1. The number of imidazole rings is 1. The van der Waals surface area contributed by atoms with E-state index in [0.29, 0.717) is 11.2 Å². The Bertz CT molecular complexity index is 819.